The van der Waals surface area contributed by atoms with Crippen LogP contribution in [-0.2, 0) is 9.59 Å². The van der Waals surface area contributed by atoms with E-state index in [1.54, 1.807) is 6.07 Å². The number of imide groups is 2. The monoisotopic (exact) mass is 349 g/mol. The molecule has 2 rings (SSSR count). The molecule has 1 fully saturated rings. The van der Waals surface area contributed by atoms with Gasteiger partial charge < -0.3 is 0 Å². The largest absolute Gasteiger partial charge is 0.335 e. The second-order valence-corrected chi connectivity index (χ2v) is 5.50. The van der Waals surface area contributed by atoms with Crippen molar-refractivity contribution in [3.8, 4) is 6.07 Å². The zero-order valence-corrected chi connectivity index (χ0v) is 12.8. The van der Waals surface area contributed by atoms with Crippen LogP contribution in [0.4, 0.5) is 10.5 Å². The molecule has 1 saturated heterocycles. The van der Waals surface area contributed by atoms with E-state index in [-0.39, 0.29) is 11.3 Å². The molecule has 1 aromatic carbocycles. The third kappa shape index (κ3) is 2.81. The number of benzene rings is 1. The van der Waals surface area contributed by atoms with Gasteiger partial charge in [-0.1, -0.05) is 29.3 Å². The molecule has 1 aliphatic rings. The summed E-state index contributed by atoms with van der Waals surface area (Å²) in [7, 11) is 0. The van der Waals surface area contributed by atoms with Crippen molar-refractivity contribution in [2.75, 3.05) is 4.90 Å². The third-order valence-corrected chi connectivity index (χ3v) is 3.66. The minimum absolute atomic E-state index is 0.178. The summed E-state index contributed by atoms with van der Waals surface area (Å²) in [6, 6.07) is 5.76. The minimum atomic E-state index is -0.900. The Kier molecular flexibility index (Phi) is 4.38. The van der Waals surface area contributed by atoms with Crippen molar-refractivity contribution in [3.05, 3.63) is 28.2 Å². The highest BCUT2D eigenvalue weighted by Gasteiger charge is 2.41. The van der Waals surface area contributed by atoms with Crippen molar-refractivity contribution in [1.82, 2.24) is 5.32 Å². The molecule has 0 spiro atoms. The molecule has 1 aliphatic heterocycles. The molecule has 0 radical (unpaired) electrons. The summed E-state index contributed by atoms with van der Waals surface area (Å²) in [6.45, 7) is 1.85. The van der Waals surface area contributed by atoms with Crippen LogP contribution in [0.3, 0.4) is 0 Å². The van der Waals surface area contributed by atoms with Crippen LogP contribution in [-0.4, -0.2) is 17.8 Å². The highest BCUT2D eigenvalue weighted by atomic mass is 79.9. The SMILES string of the molecule is CCCC1C(=O)NC(=O)N(c2ccc(Br)cc2C#N)C1=O. The Morgan fingerprint density at radius 1 is 1.38 bits per heavy atom. The highest BCUT2D eigenvalue weighted by Crippen LogP contribution is 2.28. The number of hydrogen-bond donors (Lipinski definition) is 1. The standard InChI is InChI=1S/C14H12BrN3O3/c1-2-3-10-12(19)17-14(21)18(13(10)20)11-5-4-9(15)6-8(11)7-16/h4-6,10H,2-3H2,1H3,(H,17,19,21). The average molecular weight is 350 g/mol. The number of halogens is 1. The first-order chi connectivity index (χ1) is 9.99. The number of nitrogens with zero attached hydrogens (tertiary/aromatic N) is 2. The predicted octanol–water partition coefficient (Wildman–Crippen LogP) is 2.32. The van der Waals surface area contributed by atoms with Crippen molar-refractivity contribution < 1.29 is 14.4 Å². The summed E-state index contributed by atoms with van der Waals surface area (Å²) in [5.41, 5.74) is 0.356. The summed E-state index contributed by atoms with van der Waals surface area (Å²) in [6.07, 6.45) is 0.990. The van der Waals surface area contributed by atoms with E-state index in [9.17, 15) is 14.4 Å². The van der Waals surface area contributed by atoms with Gasteiger partial charge in [0.1, 0.15) is 12.0 Å². The number of carbonyl (C=O) groups is 3. The summed E-state index contributed by atoms with van der Waals surface area (Å²) in [4.78, 5) is 37.0. The highest BCUT2D eigenvalue weighted by molar-refractivity contribution is 9.10. The van der Waals surface area contributed by atoms with Gasteiger partial charge in [-0.25, -0.2) is 9.69 Å². The van der Waals surface area contributed by atoms with Crippen LogP contribution >= 0.6 is 15.9 Å². The Morgan fingerprint density at radius 2 is 2.10 bits per heavy atom. The fourth-order valence-electron chi connectivity index (χ4n) is 2.18. The van der Waals surface area contributed by atoms with Gasteiger partial charge in [0, 0.05) is 4.47 Å². The van der Waals surface area contributed by atoms with Crippen LogP contribution < -0.4 is 10.2 Å². The predicted molar refractivity (Wildman–Crippen MR) is 78.3 cm³/mol. The number of anilines is 1. The quantitative estimate of drug-likeness (QED) is 0.847. The van der Waals surface area contributed by atoms with Gasteiger partial charge in [-0.3, -0.25) is 14.9 Å². The molecule has 1 heterocycles. The van der Waals surface area contributed by atoms with Gasteiger partial charge in [-0.2, -0.15) is 5.26 Å². The number of hydrogen-bond acceptors (Lipinski definition) is 4. The molecule has 1 atom stereocenters. The van der Waals surface area contributed by atoms with Gasteiger partial charge in [0.15, 0.2) is 0 Å². The number of nitrogens with one attached hydrogen (secondary N) is 1. The lowest BCUT2D eigenvalue weighted by atomic mass is 9.98. The summed E-state index contributed by atoms with van der Waals surface area (Å²) < 4.78 is 0.661. The Hall–Kier alpha value is -2.20. The van der Waals surface area contributed by atoms with E-state index in [4.69, 9.17) is 5.26 Å². The molecule has 21 heavy (non-hydrogen) atoms. The molecule has 1 aromatic rings. The normalized spacial score (nSPS) is 18.4. The molecule has 7 heteroatoms. The van der Waals surface area contributed by atoms with E-state index in [2.05, 4.69) is 21.2 Å². The number of rotatable bonds is 3. The number of urea groups is 1. The molecular weight excluding hydrogens is 338 g/mol. The van der Waals surface area contributed by atoms with Crippen LogP contribution in [0.5, 0.6) is 0 Å². The fraction of sp³-hybridized carbons (Fsp3) is 0.286. The smallest absolute Gasteiger partial charge is 0.277 e. The first kappa shape index (κ1) is 15.2. The van der Waals surface area contributed by atoms with Gasteiger partial charge in [0.2, 0.25) is 11.8 Å². The second-order valence-electron chi connectivity index (χ2n) is 4.58. The second kappa shape index (κ2) is 6.06. The Bertz CT molecular complexity index is 666. The minimum Gasteiger partial charge on any atom is -0.277 e. The summed E-state index contributed by atoms with van der Waals surface area (Å²) in [5, 5.41) is 11.3. The van der Waals surface area contributed by atoms with Crippen LogP contribution in [0.2, 0.25) is 0 Å². The molecule has 0 bridgehead atoms. The molecule has 0 saturated carbocycles. The van der Waals surface area contributed by atoms with E-state index < -0.39 is 23.8 Å². The van der Waals surface area contributed by atoms with E-state index in [1.807, 2.05) is 13.0 Å². The maximum atomic E-state index is 12.4. The van der Waals surface area contributed by atoms with Crippen molar-refractivity contribution in [2.45, 2.75) is 19.8 Å². The zero-order chi connectivity index (χ0) is 15.6. The first-order valence-electron chi connectivity index (χ1n) is 6.38. The molecular formula is C14H12BrN3O3. The lowest BCUT2D eigenvalue weighted by Gasteiger charge is -2.30. The van der Waals surface area contributed by atoms with E-state index >= 15 is 0 Å². The Labute approximate surface area is 129 Å². The van der Waals surface area contributed by atoms with Crippen molar-refractivity contribution in [3.63, 3.8) is 0 Å². The van der Waals surface area contributed by atoms with Crippen molar-refractivity contribution in [1.29, 1.82) is 5.26 Å². The van der Waals surface area contributed by atoms with E-state index in [1.165, 1.54) is 12.1 Å². The molecule has 1 N–H and O–H groups in total. The van der Waals surface area contributed by atoms with Gasteiger partial charge in [-0.15, -0.1) is 0 Å². The molecule has 0 aromatic heterocycles. The lowest BCUT2D eigenvalue weighted by Crippen LogP contribution is -2.58. The number of carbonyl (C=O) groups excluding carboxylic acids is 3. The number of amides is 4. The van der Waals surface area contributed by atoms with Crippen molar-refractivity contribution in [2.24, 2.45) is 5.92 Å². The molecule has 108 valence electrons. The maximum Gasteiger partial charge on any atom is 0.335 e. The number of nitriles is 1. The van der Waals surface area contributed by atoms with Gasteiger partial charge in [0.05, 0.1) is 11.3 Å². The van der Waals surface area contributed by atoms with Crippen molar-refractivity contribution >= 4 is 39.5 Å². The topological polar surface area (TPSA) is 90.3 Å². The zero-order valence-electron chi connectivity index (χ0n) is 11.2. The first-order valence-corrected chi connectivity index (χ1v) is 7.17. The lowest BCUT2D eigenvalue weighted by molar-refractivity contribution is -0.134. The molecule has 0 aliphatic carbocycles. The van der Waals surface area contributed by atoms with Gasteiger partial charge in [-0.05, 0) is 24.6 Å². The Balaban J connectivity index is 2.47. The van der Waals surface area contributed by atoms with Crippen LogP contribution in [0, 0.1) is 17.2 Å². The maximum absolute atomic E-state index is 12.4. The summed E-state index contributed by atoms with van der Waals surface area (Å²) in [5.74, 6) is -2.08. The Morgan fingerprint density at radius 3 is 2.71 bits per heavy atom. The molecule has 1 unspecified atom stereocenters. The van der Waals surface area contributed by atoms with Gasteiger partial charge >= 0.3 is 6.03 Å². The van der Waals surface area contributed by atoms with Crippen LogP contribution in [0.15, 0.2) is 22.7 Å². The molecule has 4 amide bonds. The van der Waals surface area contributed by atoms with Crippen LogP contribution in [0.1, 0.15) is 25.3 Å². The average Bonchev–Trinajstić information content (AvgIpc) is 2.44. The number of barbiturate groups is 1. The van der Waals surface area contributed by atoms with Gasteiger partial charge in [0.25, 0.3) is 0 Å². The molecule has 6 nitrogen and oxygen atoms in total. The summed E-state index contributed by atoms with van der Waals surface area (Å²) >= 11 is 3.23. The van der Waals surface area contributed by atoms with E-state index in [0.29, 0.717) is 17.3 Å². The van der Waals surface area contributed by atoms with Crippen LogP contribution in [0.25, 0.3) is 0 Å². The van der Waals surface area contributed by atoms with E-state index in [0.717, 1.165) is 4.90 Å². The fourth-order valence-corrected chi connectivity index (χ4v) is 2.54. The third-order valence-electron chi connectivity index (χ3n) is 3.17.